The molecular weight excluding hydrogens is 438 g/mol. The standard InChI is InChI=1S/C19H19BrClNO5/c1-24-12-9-13(17(25-2)14(20)10-12)19(23)22-4-3-11-7-15(21)18-16(8-11)26-5-6-27-18/h7-10H,3-6H2,1-2H3,(H,22,23). The number of amides is 1. The Morgan fingerprint density at radius 3 is 2.70 bits per heavy atom. The normalized spacial score (nSPS) is 12.4. The van der Waals surface area contributed by atoms with E-state index in [4.69, 9.17) is 30.5 Å². The van der Waals surface area contributed by atoms with Crippen LogP contribution in [-0.2, 0) is 6.42 Å². The summed E-state index contributed by atoms with van der Waals surface area (Å²) < 4.78 is 22.3. The Bertz CT molecular complexity index is 858. The van der Waals surface area contributed by atoms with E-state index in [0.29, 0.717) is 64.2 Å². The van der Waals surface area contributed by atoms with E-state index in [2.05, 4.69) is 21.2 Å². The molecule has 1 aliphatic heterocycles. The van der Waals surface area contributed by atoms with Crippen LogP contribution in [0, 0.1) is 0 Å². The molecule has 2 aromatic carbocycles. The number of methoxy groups -OCH3 is 2. The highest BCUT2D eigenvalue weighted by Gasteiger charge is 2.18. The second-order valence-electron chi connectivity index (χ2n) is 5.80. The van der Waals surface area contributed by atoms with Gasteiger partial charge in [-0.15, -0.1) is 0 Å². The molecule has 0 saturated carbocycles. The van der Waals surface area contributed by atoms with Gasteiger partial charge in [-0.2, -0.15) is 0 Å². The second-order valence-corrected chi connectivity index (χ2v) is 7.06. The summed E-state index contributed by atoms with van der Waals surface area (Å²) in [6.45, 7) is 1.40. The first-order valence-corrected chi connectivity index (χ1v) is 9.48. The molecular formula is C19H19BrClNO5. The fourth-order valence-electron chi connectivity index (χ4n) is 2.79. The summed E-state index contributed by atoms with van der Waals surface area (Å²) in [6, 6.07) is 7.09. The Labute approximate surface area is 170 Å². The van der Waals surface area contributed by atoms with Gasteiger partial charge < -0.3 is 24.3 Å². The maximum absolute atomic E-state index is 12.6. The number of benzene rings is 2. The van der Waals surface area contributed by atoms with Crippen molar-refractivity contribution in [2.45, 2.75) is 6.42 Å². The van der Waals surface area contributed by atoms with Gasteiger partial charge in [0.1, 0.15) is 24.7 Å². The number of hydrogen-bond acceptors (Lipinski definition) is 5. The number of ether oxygens (including phenoxy) is 4. The van der Waals surface area contributed by atoms with Crippen molar-refractivity contribution in [1.82, 2.24) is 5.32 Å². The van der Waals surface area contributed by atoms with Gasteiger partial charge in [0.2, 0.25) is 0 Å². The number of halogens is 2. The summed E-state index contributed by atoms with van der Waals surface area (Å²) in [7, 11) is 3.06. The lowest BCUT2D eigenvalue weighted by Crippen LogP contribution is -2.26. The van der Waals surface area contributed by atoms with Gasteiger partial charge in [-0.25, -0.2) is 0 Å². The SMILES string of the molecule is COc1cc(Br)c(OC)c(C(=O)NCCc2cc(Cl)c3c(c2)OCCO3)c1. The largest absolute Gasteiger partial charge is 0.497 e. The number of nitrogens with one attached hydrogen (secondary N) is 1. The van der Waals surface area contributed by atoms with Crippen molar-refractivity contribution in [1.29, 1.82) is 0 Å². The van der Waals surface area contributed by atoms with E-state index in [1.54, 1.807) is 19.2 Å². The zero-order valence-corrected chi connectivity index (χ0v) is 17.3. The van der Waals surface area contributed by atoms with E-state index in [-0.39, 0.29) is 5.91 Å². The minimum atomic E-state index is -0.255. The molecule has 1 heterocycles. The number of carbonyl (C=O) groups is 1. The van der Waals surface area contributed by atoms with Gasteiger partial charge in [0.05, 0.1) is 29.3 Å². The molecule has 6 nitrogen and oxygen atoms in total. The van der Waals surface area contributed by atoms with E-state index in [1.807, 2.05) is 12.1 Å². The topological polar surface area (TPSA) is 66.0 Å². The van der Waals surface area contributed by atoms with Crippen LogP contribution < -0.4 is 24.3 Å². The molecule has 0 unspecified atom stereocenters. The van der Waals surface area contributed by atoms with Gasteiger partial charge >= 0.3 is 0 Å². The van der Waals surface area contributed by atoms with E-state index in [1.165, 1.54) is 7.11 Å². The molecule has 1 N–H and O–H groups in total. The average molecular weight is 457 g/mol. The van der Waals surface area contributed by atoms with Crippen LogP contribution in [0.4, 0.5) is 0 Å². The Morgan fingerprint density at radius 1 is 1.19 bits per heavy atom. The predicted octanol–water partition coefficient (Wildman–Crippen LogP) is 3.86. The zero-order chi connectivity index (χ0) is 19.4. The van der Waals surface area contributed by atoms with Crippen molar-refractivity contribution in [3.05, 3.63) is 44.9 Å². The summed E-state index contributed by atoms with van der Waals surface area (Å²) >= 11 is 9.64. The van der Waals surface area contributed by atoms with Gasteiger partial charge in [0, 0.05) is 6.54 Å². The minimum absolute atomic E-state index is 0.255. The lowest BCUT2D eigenvalue weighted by Gasteiger charge is -2.20. The minimum Gasteiger partial charge on any atom is -0.497 e. The summed E-state index contributed by atoms with van der Waals surface area (Å²) in [6.07, 6.45) is 0.593. The van der Waals surface area contributed by atoms with Gasteiger partial charge in [-0.1, -0.05) is 11.6 Å². The van der Waals surface area contributed by atoms with Gasteiger partial charge in [-0.3, -0.25) is 4.79 Å². The smallest absolute Gasteiger partial charge is 0.255 e. The van der Waals surface area contributed by atoms with E-state index in [0.717, 1.165) is 5.56 Å². The molecule has 0 bridgehead atoms. The first kappa shape index (κ1) is 19.6. The Hall–Kier alpha value is -2.12. The summed E-state index contributed by atoms with van der Waals surface area (Å²) in [5.74, 6) is 1.97. The predicted molar refractivity (Wildman–Crippen MR) is 106 cm³/mol. The molecule has 0 atom stereocenters. The van der Waals surface area contributed by atoms with Crippen molar-refractivity contribution < 1.29 is 23.7 Å². The van der Waals surface area contributed by atoms with E-state index in [9.17, 15) is 4.79 Å². The lowest BCUT2D eigenvalue weighted by molar-refractivity contribution is 0.0950. The number of fused-ring (bicyclic) bond motifs is 1. The van der Waals surface area contributed by atoms with Gasteiger partial charge in [0.15, 0.2) is 11.5 Å². The molecule has 0 spiro atoms. The fourth-order valence-corrected chi connectivity index (χ4v) is 3.68. The second kappa shape index (κ2) is 8.71. The quantitative estimate of drug-likeness (QED) is 0.715. The molecule has 0 aliphatic carbocycles. The van der Waals surface area contributed by atoms with Crippen LogP contribution in [0.5, 0.6) is 23.0 Å². The van der Waals surface area contributed by atoms with Crippen molar-refractivity contribution >= 4 is 33.4 Å². The van der Waals surface area contributed by atoms with Crippen molar-refractivity contribution in [2.24, 2.45) is 0 Å². The molecule has 1 aliphatic rings. The monoisotopic (exact) mass is 455 g/mol. The van der Waals surface area contributed by atoms with E-state index >= 15 is 0 Å². The molecule has 2 aromatic rings. The van der Waals surface area contributed by atoms with Crippen LogP contribution in [0.2, 0.25) is 5.02 Å². The highest BCUT2D eigenvalue weighted by Crippen LogP contribution is 2.38. The van der Waals surface area contributed by atoms with E-state index < -0.39 is 0 Å². The Balaban J connectivity index is 1.68. The zero-order valence-electron chi connectivity index (χ0n) is 14.9. The van der Waals surface area contributed by atoms with Crippen LogP contribution in [0.15, 0.2) is 28.7 Å². The molecule has 0 radical (unpaired) electrons. The highest BCUT2D eigenvalue weighted by molar-refractivity contribution is 9.10. The maximum atomic E-state index is 12.6. The number of rotatable bonds is 6. The molecule has 27 heavy (non-hydrogen) atoms. The first-order valence-electron chi connectivity index (χ1n) is 8.31. The molecule has 0 aromatic heterocycles. The van der Waals surface area contributed by atoms with Crippen molar-refractivity contribution in [3.63, 3.8) is 0 Å². The maximum Gasteiger partial charge on any atom is 0.255 e. The number of hydrogen-bond donors (Lipinski definition) is 1. The molecule has 144 valence electrons. The third-order valence-corrected chi connectivity index (χ3v) is 4.93. The summed E-state index contributed by atoms with van der Waals surface area (Å²) in [5.41, 5.74) is 1.34. The van der Waals surface area contributed by atoms with Crippen LogP contribution in [0.1, 0.15) is 15.9 Å². The lowest BCUT2D eigenvalue weighted by atomic mass is 10.1. The third kappa shape index (κ3) is 4.42. The molecule has 0 saturated heterocycles. The highest BCUT2D eigenvalue weighted by atomic mass is 79.9. The van der Waals surface area contributed by atoms with Crippen molar-refractivity contribution in [2.75, 3.05) is 34.0 Å². The number of carbonyl (C=O) groups excluding carboxylic acids is 1. The Morgan fingerprint density at radius 2 is 1.96 bits per heavy atom. The molecule has 8 heteroatoms. The van der Waals surface area contributed by atoms with Crippen LogP contribution in [-0.4, -0.2) is 39.9 Å². The van der Waals surface area contributed by atoms with Crippen molar-refractivity contribution in [3.8, 4) is 23.0 Å². The first-order chi connectivity index (χ1) is 13.0. The van der Waals surface area contributed by atoms with Crippen LogP contribution in [0.25, 0.3) is 0 Å². The van der Waals surface area contributed by atoms with Gasteiger partial charge in [0.25, 0.3) is 5.91 Å². The molecule has 0 fully saturated rings. The molecule has 1 amide bonds. The third-order valence-electron chi connectivity index (χ3n) is 4.06. The van der Waals surface area contributed by atoms with Crippen LogP contribution >= 0.6 is 27.5 Å². The summed E-state index contributed by atoms with van der Waals surface area (Å²) in [4.78, 5) is 12.6. The fraction of sp³-hybridized carbons (Fsp3) is 0.316. The molecule has 3 rings (SSSR count). The summed E-state index contributed by atoms with van der Waals surface area (Å²) in [5, 5.41) is 3.40. The van der Waals surface area contributed by atoms with Crippen LogP contribution in [0.3, 0.4) is 0 Å². The Kier molecular flexibility index (Phi) is 6.34. The van der Waals surface area contributed by atoms with Gasteiger partial charge in [-0.05, 0) is 52.2 Å². The average Bonchev–Trinajstić information content (AvgIpc) is 2.67.